The molecule has 2 heterocycles. The first-order valence-corrected chi connectivity index (χ1v) is 9.59. The number of nitrogens with zero attached hydrogens (tertiary/aromatic N) is 2. The zero-order chi connectivity index (χ0) is 20.3. The number of nitrogens with one attached hydrogen (secondary N) is 1. The van der Waals surface area contributed by atoms with Gasteiger partial charge in [-0.1, -0.05) is 0 Å². The van der Waals surface area contributed by atoms with E-state index in [2.05, 4.69) is 10.4 Å². The minimum atomic E-state index is -0.530. The zero-order valence-corrected chi connectivity index (χ0v) is 16.9. The molecule has 0 unspecified atom stereocenters. The van der Waals surface area contributed by atoms with Crippen LogP contribution in [0.15, 0.2) is 24.5 Å². The van der Waals surface area contributed by atoms with Gasteiger partial charge in [-0.05, 0) is 65.2 Å². The number of hydrogen-bond donors (Lipinski definition) is 1. The third kappa shape index (κ3) is 3.35. The molecular weight excluding hydrogens is 360 g/mol. The van der Waals surface area contributed by atoms with Crippen molar-refractivity contribution in [2.24, 2.45) is 0 Å². The van der Waals surface area contributed by atoms with Gasteiger partial charge >= 0.3 is 7.12 Å². The first-order chi connectivity index (χ1) is 13.1. The standard InChI is InChI=1S/C20H25BFN3O3/c1-12-8-16(22)15(18(26)24-14-6-7-14)9-17(12)25-11-13(10-23-25)21-27-19(2,3)20(4,5)28-21/h8-11,14H,6-7H2,1-5H3,(H,24,26). The van der Waals surface area contributed by atoms with Crippen LogP contribution in [-0.2, 0) is 9.31 Å². The summed E-state index contributed by atoms with van der Waals surface area (Å²) < 4.78 is 28.1. The Morgan fingerprint density at radius 1 is 1.25 bits per heavy atom. The Bertz CT molecular complexity index is 921. The largest absolute Gasteiger partial charge is 0.498 e. The fourth-order valence-corrected chi connectivity index (χ4v) is 3.14. The summed E-state index contributed by atoms with van der Waals surface area (Å²) in [5.74, 6) is -0.919. The Morgan fingerprint density at radius 2 is 1.89 bits per heavy atom. The summed E-state index contributed by atoms with van der Waals surface area (Å²) in [6, 6.07) is 3.08. The maximum absolute atomic E-state index is 14.4. The average molecular weight is 385 g/mol. The van der Waals surface area contributed by atoms with Crippen molar-refractivity contribution in [2.75, 3.05) is 0 Å². The van der Waals surface area contributed by atoms with Crippen LogP contribution in [0.2, 0.25) is 0 Å². The predicted molar refractivity (Wildman–Crippen MR) is 104 cm³/mol. The van der Waals surface area contributed by atoms with Crippen molar-refractivity contribution in [3.8, 4) is 5.69 Å². The normalized spacial score (nSPS) is 20.4. The average Bonchev–Trinajstić information content (AvgIpc) is 3.20. The summed E-state index contributed by atoms with van der Waals surface area (Å²) >= 11 is 0. The van der Waals surface area contributed by atoms with Gasteiger partial charge in [-0.2, -0.15) is 5.10 Å². The van der Waals surface area contributed by atoms with E-state index in [0.717, 1.165) is 18.3 Å². The number of aromatic nitrogens is 2. The van der Waals surface area contributed by atoms with Gasteiger partial charge in [-0.25, -0.2) is 9.07 Å². The van der Waals surface area contributed by atoms with Gasteiger partial charge in [0.15, 0.2) is 0 Å². The molecule has 1 saturated heterocycles. The molecule has 4 rings (SSSR count). The summed E-state index contributed by atoms with van der Waals surface area (Å²) in [4.78, 5) is 12.3. The number of hydrogen-bond acceptors (Lipinski definition) is 4. The molecule has 0 spiro atoms. The number of benzene rings is 1. The van der Waals surface area contributed by atoms with E-state index >= 15 is 0 Å². The second-order valence-corrected chi connectivity index (χ2v) is 8.67. The van der Waals surface area contributed by atoms with Gasteiger partial charge < -0.3 is 14.6 Å². The smallest absolute Gasteiger partial charge is 0.399 e. The van der Waals surface area contributed by atoms with Gasteiger partial charge in [0.2, 0.25) is 0 Å². The zero-order valence-electron chi connectivity index (χ0n) is 16.9. The molecule has 0 radical (unpaired) electrons. The van der Waals surface area contributed by atoms with Crippen molar-refractivity contribution in [1.29, 1.82) is 0 Å². The molecule has 6 nitrogen and oxygen atoms in total. The quantitative estimate of drug-likeness (QED) is 0.822. The minimum absolute atomic E-state index is 0.0279. The topological polar surface area (TPSA) is 65.4 Å². The fourth-order valence-electron chi connectivity index (χ4n) is 3.14. The van der Waals surface area contributed by atoms with Gasteiger partial charge in [0.05, 0.1) is 22.5 Å². The molecule has 0 bridgehead atoms. The molecule has 1 aromatic carbocycles. The number of halogens is 1. The van der Waals surface area contributed by atoms with E-state index in [-0.39, 0.29) is 17.5 Å². The maximum atomic E-state index is 14.4. The van der Waals surface area contributed by atoms with E-state index in [1.165, 1.54) is 6.07 Å². The van der Waals surface area contributed by atoms with Crippen molar-refractivity contribution in [2.45, 2.75) is 64.7 Å². The molecule has 1 saturated carbocycles. The molecule has 1 aliphatic carbocycles. The molecule has 8 heteroatoms. The lowest BCUT2D eigenvalue weighted by molar-refractivity contribution is 0.00578. The van der Waals surface area contributed by atoms with Crippen LogP contribution in [0.4, 0.5) is 4.39 Å². The van der Waals surface area contributed by atoms with Crippen molar-refractivity contribution >= 4 is 18.5 Å². The van der Waals surface area contributed by atoms with Gasteiger partial charge in [0.1, 0.15) is 5.82 Å². The van der Waals surface area contributed by atoms with Crippen LogP contribution in [0.3, 0.4) is 0 Å². The summed E-state index contributed by atoms with van der Waals surface area (Å²) in [6.07, 6.45) is 5.37. The second kappa shape index (κ2) is 6.42. The summed E-state index contributed by atoms with van der Waals surface area (Å²) in [5.41, 5.74) is 1.24. The SMILES string of the molecule is Cc1cc(F)c(C(=O)NC2CC2)cc1-n1cc(B2OC(C)(C)C(C)(C)O2)cn1. The third-order valence-corrected chi connectivity index (χ3v) is 5.82. The van der Waals surface area contributed by atoms with Crippen molar-refractivity contribution in [3.05, 3.63) is 41.5 Å². The molecule has 1 amide bonds. The highest BCUT2D eigenvalue weighted by atomic mass is 19.1. The Hall–Kier alpha value is -2.19. The highest BCUT2D eigenvalue weighted by molar-refractivity contribution is 6.62. The first kappa shape index (κ1) is 19.1. The van der Waals surface area contributed by atoms with E-state index in [1.807, 2.05) is 27.7 Å². The number of rotatable bonds is 4. The van der Waals surface area contributed by atoms with Crippen molar-refractivity contribution in [1.82, 2.24) is 15.1 Å². The van der Waals surface area contributed by atoms with E-state index in [1.54, 1.807) is 30.1 Å². The van der Waals surface area contributed by atoms with E-state index in [9.17, 15) is 9.18 Å². The monoisotopic (exact) mass is 385 g/mol. The lowest BCUT2D eigenvalue weighted by atomic mass is 9.82. The Balaban J connectivity index is 1.62. The minimum Gasteiger partial charge on any atom is -0.399 e. The molecule has 1 aliphatic heterocycles. The van der Waals surface area contributed by atoms with Crippen LogP contribution < -0.4 is 10.8 Å². The fraction of sp³-hybridized carbons (Fsp3) is 0.500. The lowest BCUT2D eigenvalue weighted by Gasteiger charge is -2.32. The molecule has 0 atom stereocenters. The molecular formula is C20H25BFN3O3. The van der Waals surface area contributed by atoms with Gasteiger partial charge in [-0.3, -0.25) is 4.79 Å². The van der Waals surface area contributed by atoms with E-state index < -0.39 is 24.1 Å². The van der Waals surface area contributed by atoms with Crippen LogP contribution in [-0.4, -0.2) is 40.0 Å². The molecule has 148 valence electrons. The molecule has 2 aliphatic rings. The van der Waals surface area contributed by atoms with E-state index in [4.69, 9.17) is 9.31 Å². The number of aryl methyl sites for hydroxylation is 1. The van der Waals surface area contributed by atoms with Crippen molar-refractivity contribution in [3.63, 3.8) is 0 Å². The summed E-state index contributed by atoms with van der Waals surface area (Å²) in [7, 11) is -0.530. The first-order valence-electron chi connectivity index (χ1n) is 9.59. The molecule has 2 fully saturated rings. The number of carbonyl (C=O) groups is 1. The number of amides is 1. The van der Waals surface area contributed by atoms with Crippen LogP contribution >= 0.6 is 0 Å². The third-order valence-electron chi connectivity index (χ3n) is 5.82. The van der Waals surface area contributed by atoms with Crippen LogP contribution in [0.1, 0.15) is 56.5 Å². The molecule has 28 heavy (non-hydrogen) atoms. The van der Waals surface area contributed by atoms with Crippen LogP contribution in [0.5, 0.6) is 0 Å². The molecule has 1 aromatic heterocycles. The van der Waals surface area contributed by atoms with Crippen LogP contribution in [0, 0.1) is 12.7 Å². The van der Waals surface area contributed by atoms with Gasteiger partial charge in [0, 0.05) is 23.9 Å². The summed E-state index contributed by atoms with van der Waals surface area (Å²) in [6.45, 7) is 9.76. The highest BCUT2D eigenvalue weighted by Crippen LogP contribution is 2.36. The molecule has 1 N–H and O–H groups in total. The Morgan fingerprint density at radius 3 is 2.50 bits per heavy atom. The predicted octanol–water partition coefficient (Wildman–Crippen LogP) is 2.51. The van der Waals surface area contributed by atoms with Crippen LogP contribution in [0.25, 0.3) is 5.69 Å². The summed E-state index contributed by atoms with van der Waals surface area (Å²) in [5, 5.41) is 7.22. The second-order valence-electron chi connectivity index (χ2n) is 8.67. The highest BCUT2D eigenvalue weighted by Gasteiger charge is 2.52. The maximum Gasteiger partial charge on any atom is 0.498 e. The van der Waals surface area contributed by atoms with Crippen molar-refractivity contribution < 1.29 is 18.5 Å². The lowest BCUT2D eigenvalue weighted by Crippen LogP contribution is -2.41. The molecule has 2 aromatic rings. The van der Waals surface area contributed by atoms with E-state index in [0.29, 0.717) is 11.3 Å². The van der Waals surface area contributed by atoms with Gasteiger partial charge in [-0.15, -0.1) is 0 Å². The Labute approximate surface area is 164 Å². The Kier molecular flexibility index (Phi) is 4.39. The number of carbonyl (C=O) groups excluding carboxylic acids is 1. The van der Waals surface area contributed by atoms with Gasteiger partial charge in [0.25, 0.3) is 5.91 Å².